The molecule has 0 aliphatic carbocycles. The fraction of sp³-hybridized carbons (Fsp3) is 0.429. The lowest BCUT2D eigenvalue weighted by Gasteiger charge is -2.19. The largest absolute Gasteiger partial charge is 0.462 e. The number of nitrogens with two attached hydrogens (primary N) is 1. The number of ether oxygens (including phenoxy) is 2. The molecular formula is C21H27NO5. The van der Waals surface area contributed by atoms with Crippen molar-refractivity contribution in [1.29, 1.82) is 0 Å². The summed E-state index contributed by atoms with van der Waals surface area (Å²) in [6.45, 7) is 7.55. The predicted octanol–water partition coefficient (Wildman–Crippen LogP) is 4.17. The van der Waals surface area contributed by atoms with E-state index >= 15 is 0 Å². The second-order valence-corrected chi connectivity index (χ2v) is 7.27. The minimum atomic E-state index is -0.515. The molecule has 2 aromatic rings. The van der Waals surface area contributed by atoms with Crippen molar-refractivity contribution in [2.24, 2.45) is 0 Å². The molecule has 0 aliphatic rings. The molecule has 0 saturated carbocycles. The summed E-state index contributed by atoms with van der Waals surface area (Å²) in [5, 5.41) is 0. The molecule has 0 aliphatic heterocycles. The Balaban J connectivity index is 1.93. The predicted molar refractivity (Wildman–Crippen MR) is 103 cm³/mol. The summed E-state index contributed by atoms with van der Waals surface area (Å²) in [7, 11) is 0. The molecule has 1 aromatic carbocycles. The van der Waals surface area contributed by atoms with Crippen molar-refractivity contribution in [2.75, 3.05) is 12.3 Å². The molecule has 0 unspecified atom stereocenters. The summed E-state index contributed by atoms with van der Waals surface area (Å²) < 4.78 is 15.5. The SMILES string of the molecule is CCOC(=O)c1c(CCCc2ccc(C(=O)OC(C)(C)C)cc2)coc1N. The lowest BCUT2D eigenvalue weighted by atomic mass is 10.0. The lowest BCUT2D eigenvalue weighted by Crippen LogP contribution is -2.23. The van der Waals surface area contributed by atoms with Crippen LogP contribution in [0.15, 0.2) is 34.9 Å². The van der Waals surface area contributed by atoms with Gasteiger partial charge in [-0.1, -0.05) is 12.1 Å². The number of hydrogen-bond donors (Lipinski definition) is 1. The lowest BCUT2D eigenvalue weighted by molar-refractivity contribution is 0.00692. The Bertz CT molecular complexity index is 784. The van der Waals surface area contributed by atoms with Gasteiger partial charge in [-0.2, -0.15) is 0 Å². The van der Waals surface area contributed by atoms with Gasteiger partial charge in [0, 0.05) is 5.56 Å². The van der Waals surface area contributed by atoms with E-state index in [4.69, 9.17) is 19.6 Å². The number of carbonyl (C=O) groups excluding carboxylic acids is 2. The number of rotatable bonds is 7. The van der Waals surface area contributed by atoms with Crippen molar-refractivity contribution in [3.05, 3.63) is 52.8 Å². The molecule has 0 saturated heterocycles. The third kappa shape index (κ3) is 5.88. The number of furan rings is 1. The topological polar surface area (TPSA) is 91.8 Å². The van der Waals surface area contributed by atoms with Gasteiger partial charge in [-0.05, 0) is 64.7 Å². The smallest absolute Gasteiger partial charge is 0.343 e. The highest BCUT2D eigenvalue weighted by Gasteiger charge is 2.20. The molecule has 2 rings (SSSR count). The molecule has 27 heavy (non-hydrogen) atoms. The first-order valence-electron chi connectivity index (χ1n) is 9.06. The van der Waals surface area contributed by atoms with Crippen LogP contribution in [0.1, 0.15) is 66.0 Å². The standard InChI is InChI=1S/C21H27NO5/c1-5-25-20(24)17-16(13-26-18(17)22)8-6-7-14-9-11-15(12-10-14)19(23)27-21(2,3)4/h9-13H,5-8,22H2,1-4H3. The molecule has 0 bridgehead atoms. The highest BCUT2D eigenvalue weighted by Crippen LogP contribution is 2.23. The second kappa shape index (κ2) is 8.75. The highest BCUT2D eigenvalue weighted by molar-refractivity contribution is 5.95. The Morgan fingerprint density at radius 3 is 2.33 bits per heavy atom. The number of anilines is 1. The molecule has 146 valence electrons. The van der Waals surface area contributed by atoms with Crippen LogP contribution in [0.25, 0.3) is 0 Å². The molecule has 1 aromatic heterocycles. The molecule has 0 amide bonds. The van der Waals surface area contributed by atoms with Crippen LogP contribution < -0.4 is 5.73 Å². The van der Waals surface area contributed by atoms with E-state index in [0.717, 1.165) is 24.0 Å². The van der Waals surface area contributed by atoms with E-state index in [2.05, 4.69) is 0 Å². The second-order valence-electron chi connectivity index (χ2n) is 7.27. The van der Waals surface area contributed by atoms with E-state index in [0.29, 0.717) is 17.5 Å². The third-order valence-corrected chi connectivity index (χ3v) is 3.88. The summed E-state index contributed by atoms with van der Waals surface area (Å²) in [6.07, 6.45) is 3.75. The Labute approximate surface area is 159 Å². The molecule has 0 radical (unpaired) electrons. The van der Waals surface area contributed by atoms with E-state index in [1.54, 1.807) is 19.1 Å². The first kappa shape index (κ1) is 20.6. The average molecular weight is 373 g/mol. The van der Waals surface area contributed by atoms with Crippen molar-refractivity contribution in [3.63, 3.8) is 0 Å². The van der Waals surface area contributed by atoms with E-state index < -0.39 is 11.6 Å². The van der Waals surface area contributed by atoms with Gasteiger partial charge in [0.2, 0.25) is 5.88 Å². The van der Waals surface area contributed by atoms with Crippen LogP contribution in [0.4, 0.5) is 5.88 Å². The zero-order valence-electron chi connectivity index (χ0n) is 16.3. The van der Waals surface area contributed by atoms with Crippen LogP contribution >= 0.6 is 0 Å². The summed E-state index contributed by atoms with van der Waals surface area (Å²) in [4.78, 5) is 24.0. The Morgan fingerprint density at radius 1 is 1.07 bits per heavy atom. The molecular weight excluding hydrogens is 346 g/mol. The van der Waals surface area contributed by atoms with Crippen LogP contribution in [0.3, 0.4) is 0 Å². The van der Waals surface area contributed by atoms with Gasteiger partial charge in [0.15, 0.2) is 0 Å². The van der Waals surface area contributed by atoms with Crippen LogP contribution in [-0.2, 0) is 22.3 Å². The van der Waals surface area contributed by atoms with E-state index in [9.17, 15) is 9.59 Å². The highest BCUT2D eigenvalue weighted by atomic mass is 16.6. The van der Waals surface area contributed by atoms with E-state index in [1.165, 1.54) is 6.26 Å². The molecule has 1 heterocycles. The first-order chi connectivity index (χ1) is 12.7. The van der Waals surface area contributed by atoms with Crippen molar-refractivity contribution in [2.45, 2.75) is 52.6 Å². The summed E-state index contributed by atoms with van der Waals surface area (Å²) in [6, 6.07) is 7.36. The van der Waals surface area contributed by atoms with Crippen molar-refractivity contribution < 1.29 is 23.5 Å². The van der Waals surface area contributed by atoms with Crippen molar-refractivity contribution in [3.8, 4) is 0 Å². The fourth-order valence-corrected chi connectivity index (χ4v) is 2.66. The molecule has 2 N–H and O–H groups in total. The van der Waals surface area contributed by atoms with Crippen LogP contribution in [0.2, 0.25) is 0 Å². The Morgan fingerprint density at radius 2 is 1.74 bits per heavy atom. The number of carbonyl (C=O) groups is 2. The molecule has 0 atom stereocenters. The quantitative estimate of drug-likeness (QED) is 0.732. The van der Waals surface area contributed by atoms with E-state index in [1.807, 2.05) is 32.9 Å². The average Bonchev–Trinajstić information content (AvgIpc) is 2.95. The number of esters is 2. The summed E-state index contributed by atoms with van der Waals surface area (Å²) in [5.41, 5.74) is 7.90. The fourth-order valence-electron chi connectivity index (χ4n) is 2.66. The monoisotopic (exact) mass is 373 g/mol. The maximum absolute atomic E-state index is 12.0. The van der Waals surface area contributed by atoms with Gasteiger partial charge in [0.05, 0.1) is 18.4 Å². The van der Waals surface area contributed by atoms with Gasteiger partial charge in [0.25, 0.3) is 0 Å². The Kier molecular flexibility index (Phi) is 6.66. The first-order valence-corrected chi connectivity index (χ1v) is 9.06. The zero-order valence-corrected chi connectivity index (χ0v) is 16.3. The van der Waals surface area contributed by atoms with E-state index in [-0.39, 0.29) is 18.5 Å². The summed E-state index contributed by atoms with van der Waals surface area (Å²) in [5.74, 6) is -0.701. The Hall–Kier alpha value is -2.76. The third-order valence-electron chi connectivity index (χ3n) is 3.88. The molecule has 0 spiro atoms. The molecule has 6 heteroatoms. The summed E-state index contributed by atoms with van der Waals surface area (Å²) >= 11 is 0. The number of nitrogen functional groups attached to an aromatic ring is 1. The molecule has 6 nitrogen and oxygen atoms in total. The maximum Gasteiger partial charge on any atom is 0.343 e. The maximum atomic E-state index is 12.0. The van der Waals surface area contributed by atoms with Crippen LogP contribution in [0, 0.1) is 0 Å². The van der Waals surface area contributed by atoms with Gasteiger partial charge < -0.3 is 19.6 Å². The minimum absolute atomic E-state index is 0.0881. The number of aryl methyl sites for hydroxylation is 2. The zero-order chi connectivity index (χ0) is 20.0. The normalized spacial score (nSPS) is 11.3. The molecule has 0 fully saturated rings. The van der Waals surface area contributed by atoms with Gasteiger partial charge in [0.1, 0.15) is 11.2 Å². The van der Waals surface area contributed by atoms with Crippen LogP contribution in [-0.4, -0.2) is 24.1 Å². The van der Waals surface area contributed by atoms with Gasteiger partial charge in [-0.25, -0.2) is 9.59 Å². The van der Waals surface area contributed by atoms with Gasteiger partial charge >= 0.3 is 11.9 Å². The van der Waals surface area contributed by atoms with Crippen molar-refractivity contribution >= 4 is 17.8 Å². The number of hydrogen-bond acceptors (Lipinski definition) is 6. The van der Waals surface area contributed by atoms with Crippen LogP contribution in [0.5, 0.6) is 0 Å². The van der Waals surface area contributed by atoms with Gasteiger partial charge in [-0.3, -0.25) is 0 Å². The van der Waals surface area contributed by atoms with Crippen molar-refractivity contribution in [1.82, 2.24) is 0 Å². The number of benzene rings is 1. The van der Waals surface area contributed by atoms with Gasteiger partial charge in [-0.15, -0.1) is 0 Å². The minimum Gasteiger partial charge on any atom is -0.462 e.